The number of nitrogens with zero attached hydrogens (tertiary/aromatic N) is 1. The van der Waals surface area contributed by atoms with Crippen molar-refractivity contribution >= 4 is 38.9 Å². The molecule has 2 rings (SSSR count). The molecule has 0 saturated heterocycles. The van der Waals surface area contributed by atoms with Crippen LogP contribution in [0.1, 0.15) is 23.6 Å². The van der Waals surface area contributed by atoms with Crippen LogP contribution in [0.3, 0.4) is 0 Å². The van der Waals surface area contributed by atoms with Crippen LogP contribution < -0.4 is 4.83 Å². The van der Waals surface area contributed by atoms with Crippen LogP contribution in [0, 0.1) is 13.8 Å². The summed E-state index contributed by atoms with van der Waals surface area (Å²) in [6.45, 7) is 5.26. The molecule has 2 aromatic carbocycles. The summed E-state index contributed by atoms with van der Waals surface area (Å²) in [7, 11) is -3.73. The molecule has 0 spiro atoms. The minimum atomic E-state index is -3.73. The molecule has 0 amide bonds. The van der Waals surface area contributed by atoms with E-state index in [1.807, 2.05) is 13.0 Å². The zero-order chi connectivity index (χ0) is 17.2. The zero-order valence-electron chi connectivity index (χ0n) is 12.9. The maximum Gasteiger partial charge on any atom is 0.276 e. The van der Waals surface area contributed by atoms with Crippen LogP contribution in [0.2, 0.25) is 10.0 Å². The van der Waals surface area contributed by atoms with Crippen molar-refractivity contribution in [3.05, 3.63) is 63.1 Å². The monoisotopic (exact) mass is 370 g/mol. The number of halogens is 2. The van der Waals surface area contributed by atoms with Gasteiger partial charge in [-0.3, -0.25) is 0 Å². The van der Waals surface area contributed by atoms with Gasteiger partial charge in [-0.1, -0.05) is 41.4 Å². The lowest BCUT2D eigenvalue weighted by molar-refractivity contribution is 0.583. The Morgan fingerprint density at radius 2 is 1.74 bits per heavy atom. The summed E-state index contributed by atoms with van der Waals surface area (Å²) >= 11 is 11.8. The molecule has 0 aliphatic carbocycles. The minimum absolute atomic E-state index is 0.211. The summed E-state index contributed by atoms with van der Waals surface area (Å²) in [4.78, 5) is 2.47. The molecule has 0 unspecified atom stereocenters. The van der Waals surface area contributed by atoms with Gasteiger partial charge in [0.15, 0.2) is 0 Å². The number of sulfonamides is 1. The van der Waals surface area contributed by atoms with Crippen molar-refractivity contribution in [1.29, 1.82) is 0 Å². The highest BCUT2D eigenvalue weighted by atomic mass is 35.5. The maximum atomic E-state index is 12.4. The standard InChI is InChI=1S/C16H16Cl2N2O2S/c1-10-4-5-11(2)16(8-10)23(21,22)20-19-12(3)13-6-7-14(17)15(18)9-13/h4-9,20H,1-3H3/b19-12-. The number of hydrogen-bond donors (Lipinski definition) is 1. The molecule has 0 atom stereocenters. The number of benzene rings is 2. The van der Waals surface area contributed by atoms with Gasteiger partial charge >= 0.3 is 0 Å². The third-order valence-corrected chi connectivity index (χ3v) is 5.39. The Morgan fingerprint density at radius 1 is 1.04 bits per heavy atom. The van der Waals surface area contributed by atoms with Gasteiger partial charge < -0.3 is 0 Å². The quantitative estimate of drug-likeness (QED) is 0.643. The lowest BCUT2D eigenvalue weighted by atomic mass is 10.1. The van der Waals surface area contributed by atoms with E-state index in [2.05, 4.69) is 9.93 Å². The molecule has 0 radical (unpaired) electrons. The molecule has 2 aromatic rings. The summed E-state index contributed by atoms with van der Waals surface area (Å²) in [5, 5.41) is 4.78. The molecule has 1 N–H and O–H groups in total. The summed E-state index contributed by atoms with van der Waals surface area (Å²) < 4.78 is 24.8. The Kier molecular flexibility index (Phi) is 5.34. The van der Waals surface area contributed by atoms with Crippen LogP contribution in [0.4, 0.5) is 0 Å². The summed E-state index contributed by atoms with van der Waals surface area (Å²) in [5.41, 5.74) is 2.69. The second-order valence-corrected chi connectivity index (χ2v) is 7.63. The van der Waals surface area contributed by atoms with Gasteiger partial charge in [-0.15, -0.1) is 0 Å². The van der Waals surface area contributed by atoms with E-state index >= 15 is 0 Å². The normalized spacial score (nSPS) is 12.3. The van der Waals surface area contributed by atoms with E-state index < -0.39 is 10.0 Å². The second-order valence-electron chi connectivity index (χ2n) is 5.19. The highest BCUT2D eigenvalue weighted by Gasteiger charge is 2.16. The molecule has 4 nitrogen and oxygen atoms in total. The summed E-state index contributed by atoms with van der Waals surface area (Å²) in [6.07, 6.45) is 0. The minimum Gasteiger partial charge on any atom is -0.200 e. The van der Waals surface area contributed by atoms with Crippen molar-refractivity contribution in [2.24, 2.45) is 5.10 Å². The van der Waals surface area contributed by atoms with Gasteiger partial charge in [0.1, 0.15) is 0 Å². The van der Waals surface area contributed by atoms with E-state index in [0.717, 1.165) is 5.56 Å². The first-order chi connectivity index (χ1) is 10.7. The number of hydrazone groups is 1. The Morgan fingerprint density at radius 3 is 2.39 bits per heavy atom. The lowest BCUT2D eigenvalue weighted by Crippen LogP contribution is -2.21. The lowest BCUT2D eigenvalue weighted by Gasteiger charge is -2.09. The Hall–Kier alpha value is -1.56. The van der Waals surface area contributed by atoms with E-state index in [4.69, 9.17) is 23.2 Å². The Bertz CT molecular complexity index is 878. The van der Waals surface area contributed by atoms with Gasteiger partial charge in [-0.2, -0.15) is 18.4 Å². The number of nitrogens with one attached hydrogen (secondary N) is 1. The smallest absolute Gasteiger partial charge is 0.200 e. The zero-order valence-corrected chi connectivity index (χ0v) is 15.2. The third kappa shape index (κ3) is 4.25. The number of rotatable bonds is 4. The first-order valence-electron chi connectivity index (χ1n) is 6.79. The molecule has 23 heavy (non-hydrogen) atoms. The Labute approximate surface area is 146 Å². The van der Waals surface area contributed by atoms with E-state index in [-0.39, 0.29) is 4.90 Å². The predicted molar refractivity (Wildman–Crippen MR) is 94.9 cm³/mol. The SMILES string of the molecule is C/C(=N/NS(=O)(=O)c1cc(C)ccc1C)c1ccc(Cl)c(Cl)c1. The molecule has 0 aliphatic heterocycles. The van der Waals surface area contributed by atoms with Crippen molar-refractivity contribution in [1.82, 2.24) is 4.83 Å². The van der Waals surface area contributed by atoms with Crippen LogP contribution >= 0.6 is 23.2 Å². The first kappa shape index (κ1) is 17.8. The number of aryl methyl sites for hydroxylation is 2. The summed E-state index contributed by atoms with van der Waals surface area (Å²) in [5.74, 6) is 0. The fraction of sp³-hybridized carbons (Fsp3) is 0.188. The van der Waals surface area contributed by atoms with E-state index in [9.17, 15) is 8.42 Å². The van der Waals surface area contributed by atoms with Gasteiger partial charge in [0.2, 0.25) is 0 Å². The van der Waals surface area contributed by atoms with Crippen molar-refractivity contribution in [3.63, 3.8) is 0 Å². The maximum absolute atomic E-state index is 12.4. The van der Waals surface area contributed by atoms with Gasteiger partial charge in [0, 0.05) is 0 Å². The largest absolute Gasteiger partial charge is 0.276 e. The Balaban J connectivity index is 2.30. The molecule has 122 valence electrons. The molecule has 0 bridgehead atoms. The van der Waals surface area contributed by atoms with Crippen molar-refractivity contribution in [2.45, 2.75) is 25.7 Å². The molecular formula is C16H16Cl2N2O2S. The molecular weight excluding hydrogens is 355 g/mol. The fourth-order valence-corrected chi connectivity index (χ4v) is 3.45. The van der Waals surface area contributed by atoms with Crippen LogP contribution in [0.15, 0.2) is 46.4 Å². The highest BCUT2D eigenvalue weighted by molar-refractivity contribution is 7.89. The van der Waals surface area contributed by atoms with Crippen LogP contribution in [-0.2, 0) is 10.0 Å². The van der Waals surface area contributed by atoms with Gasteiger partial charge in [0.05, 0.1) is 20.7 Å². The van der Waals surface area contributed by atoms with Crippen LogP contribution in [0.25, 0.3) is 0 Å². The van der Waals surface area contributed by atoms with E-state index in [0.29, 0.717) is 26.9 Å². The van der Waals surface area contributed by atoms with Gasteiger partial charge in [0.25, 0.3) is 10.0 Å². The van der Waals surface area contributed by atoms with Gasteiger partial charge in [-0.05, 0) is 55.7 Å². The summed E-state index contributed by atoms with van der Waals surface area (Å²) in [6, 6.07) is 10.2. The second kappa shape index (κ2) is 6.91. The van der Waals surface area contributed by atoms with Crippen LogP contribution in [0.5, 0.6) is 0 Å². The molecule has 0 heterocycles. The van der Waals surface area contributed by atoms with E-state index in [1.165, 1.54) is 0 Å². The molecule has 7 heteroatoms. The fourth-order valence-electron chi connectivity index (χ4n) is 1.96. The average Bonchev–Trinajstić information content (AvgIpc) is 2.50. The van der Waals surface area contributed by atoms with Gasteiger partial charge in [-0.25, -0.2) is 0 Å². The number of hydrogen-bond acceptors (Lipinski definition) is 3. The molecule has 0 saturated carbocycles. The van der Waals surface area contributed by atoms with Crippen molar-refractivity contribution < 1.29 is 8.42 Å². The topological polar surface area (TPSA) is 58.5 Å². The predicted octanol–water partition coefficient (Wildman–Crippen LogP) is 4.31. The average molecular weight is 371 g/mol. The third-order valence-electron chi connectivity index (χ3n) is 3.30. The first-order valence-corrected chi connectivity index (χ1v) is 9.03. The highest BCUT2D eigenvalue weighted by Crippen LogP contribution is 2.23. The molecule has 0 aliphatic rings. The van der Waals surface area contributed by atoms with E-state index in [1.54, 1.807) is 44.2 Å². The molecule has 0 aromatic heterocycles. The van der Waals surface area contributed by atoms with Crippen molar-refractivity contribution in [3.8, 4) is 0 Å². The molecule has 0 fully saturated rings. The van der Waals surface area contributed by atoms with Crippen LogP contribution in [-0.4, -0.2) is 14.1 Å². The van der Waals surface area contributed by atoms with Crippen molar-refractivity contribution in [2.75, 3.05) is 0 Å².